The van der Waals surface area contributed by atoms with Gasteiger partial charge in [0.1, 0.15) is 6.07 Å². The van der Waals surface area contributed by atoms with Gasteiger partial charge in [-0.15, -0.1) is 0 Å². The summed E-state index contributed by atoms with van der Waals surface area (Å²) in [4.78, 5) is 15.1. The molecule has 1 aromatic carbocycles. The van der Waals surface area contributed by atoms with Gasteiger partial charge in [-0.05, 0) is 13.0 Å². The van der Waals surface area contributed by atoms with E-state index >= 15 is 0 Å². The van der Waals surface area contributed by atoms with Gasteiger partial charge in [-0.3, -0.25) is 9.78 Å². The van der Waals surface area contributed by atoms with Crippen LogP contribution < -0.4 is 11.1 Å². The summed E-state index contributed by atoms with van der Waals surface area (Å²) in [5.41, 5.74) is 7.12. The first kappa shape index (κ1) is 12.8. The van der Waals surface area contributed by atoms with Crippen molar-refractivity contribution >= 4 is 22.5 Å². The summed E-state index contributed by atoms with van der Waals surface area (Å²) < 4.78 is 0. The van der Waals surface area contributed by atoms with Crippen LogP contribution in [0.4, 0.5) is 5.69 Å². The first-order valence-corrected chi connectivity index (χ1v) is 5.94. The van der Waals surface area contributed by atoms with E-state index in [0.717, 1.165) is 10.9 Å². The van der Waals surface area contributed by atoms with Crippen LogP contribution in [0.1, 0.15) is 18.9 Å². The van der Waals surface area contributed by atoms with Crippen molar-refractivity contribution in [3.05, 3.63) is 36.0 Å². The minimum Gasteiger partial charge on any atom is -0.380 e. The third-order valence-corrected chi connectivity index (χ3v) is 2.79. The molecule has 96 valence electrons. The van der Waals surface area contributed by atoms with Crippen LogP contribution in [0.25, 0.3) is 10.9 Å². The number of rotatable bonds is 4. The largest absolute Gasteiger partial charge is 0.380 e. The fraction of sp³-hybridized carbons (Fsp3) is 0.214. The molecule has 19 heavy (non-hydrogen) atoms. The lowest BCUT2D eigenvalue weighted by Crippen LogP contribution is -2.24. The van der Waals surface area contributed by atoms with E-state index in [1.54, 1.807) is 0 Å². The average molecular weight is 254 g/mol. The maximum absolute atomic E-state index is 10.9. The smallest absolute Gasteiger partial charge is 0.219 e. The van der Waals surface area contributed by atoms with Crippen LogP contribution in [-0.2, 0) is 4.79 Å². The number of nitrogens with two attached hydrogens (primary N) is 1. The standard InChI is InChI=1S/C14H14N4O/c1-9(6-13(16)19)18-14-10(7-15)8-17-12-5-3-2-4-11(12)14/h2-5,8-9H,6H2,1H3,(H2,16,19)(H,17,18). The van der Waals surface area contributed by atoms with Crippen molar-refractivity contribution < 1.29 is 4.79 Å². The Bertz CT molecular complexity index is 660. The molecule has 1 atom stereocenters. The lowest BCUT2D eigenvalue weighted by molar-refractivity contribution is -0.118. The Morgan fingerprint density at radius 1 is 1.53 bits per heavy atom. The molecule has 1 heterocycles. The highest BCUT2D eigenvalue weighted by molar-refractivity contribution is 5.94. The summed E-state index contributed by atoms with van der Waals surface area (Å²) in [5.74, 6) is -0.378. The Hall–Kier alpha value is -2.61. The molecule has 2 aromatic rings. The summed E-state index contributed by atoms with van der Waals surface area (Å²) in [5, 5.41) is 13.2. The van der Waals surface area contributed by atoms with Crippen molar-refractivity contribution in [2.24, 2.45) is 5.73 Å². The van der Waals surface area contributed by atoms with Gasteiger partial charge in [-0.1, -0.05) is 18.2 Å². The number of carbonyl (C=O) groups is 1. The van der Waals surface area contributed by atoms with Crippen molar-refractivity contribution in [3.63, 3.8) is 0 Å². The lowest BCUT2D eigenvalue weighted by atomic mass is 10.1. The topological polar surface area (TPSA) is 91.8 Å². The minimum atomic E-state index is -0.378. The molecule has 3 N–H and O–H groups in total. The highest BCUT2D eigenvalue weighted by Crippen LogP contribution is 2.26. The van der Waals surface area contributed by atoms with E-state index in [1.165, 1.54) is 6.20 Å². The van der Waals surface area contributed by atoms with Crippen LogP contribution in [0.15, 0.2) is 30.5 Å². The third kappa shape index (κ3) is 2.80. The number of aromatic nitrogens is 1. The summed E-state index contributed by atoms with van der Waals surface area (Å²) in [6.07, 6.45) is 1.74. The minimum absolute atomic E-state index is 0.143. The summed E-state index contributed by atoms with van der Waals surface area (Å²) in [6, 6.07) is 9.50. The zero-order valence-electron chi connectivity index (χ0n) is 10.6. The average Bonchev–Trinajstić information content (AvgIpc) is 2.38. The van der Waals surface area contributed by atoms with Crippen molar-refractivity contribution in [2.75, 3.05) is 5.32 Å². The second-order valence-electron chi connectivity index (χ2n) is 4.39. The number of nitrogens with one attached hydrogen (secondary N) is 1. The molecule has 0 fully saturated rings. The van der Waals surface area contributed by atoms with Crippen LogP contribution in [0.5, 0.6) is 0 Å². The van der Waals surface area contributed by atoms with Gasteiger partial charge >= 0.3 is 0 Å². The highest BCUT2D eigenvalue weighted by atomic mass is 16.1. The number of pyridine rings is 1. The Balaban J connectivity index is 2.45. The van der Waals surface area contributed by atoms with E-state index < -0.39 is 0 Å². The van der Waals surface area contributed by atoms with Gasteiger partial charge in [-0.25, -0.2) is 0 Å². The normalized spacial score (nSPS) is 11.8. The van der Waals surface area contributed by atoms with Crippen LogP contribution in [0, 0.1) is 11.3 Å². The van der Waals surface area contributed by atoms with Gasteiger partial charge in [0, 0.05) is 24.0 Å². The number of nitrogens with zero attached hydrogens (tertiary/aromatic N) is 2. The first-order chi connectivity index (χ1) is 9.11. The van der Waals surface area contributed by atoms with Gasteiger partial charge in [0.2, 0.25) is 5.91 Å². The van der Waals surface area contributed by atoms with Crippen LogP contribution in [0.3, 0.4) is 0 Å². The molecular formula is C14H14N4O. The predicted molar refractivity (Wildman–Crippen MR) is 73.4 cm³/mol. The molecule has 1 aromatic heterocycles. The number of primary amides is 1. The maximum Gasteiger partial charge on any atom is 0.219 e. The molecule has 0 saturated heterocycles. The molecule has 0 aliphatic carbocycles. The van der Waals surface area contributed by atoms with Crippen LogP contribution >= 0.6 is 0 Å². The monoisotopic (exact) mass is 254 g/mol. The highest BCUT2D eigenvalue weighted by Gasteiger charge is 2.12. The Morgan fingerprint density at radius 3 is 2.95 bits per heavy atom. The Labute approximate surface area is 111 Å². The number of anilines is 1. The number of benzene rings is 1. The quantitative estimate of drug-likeness (QED) is 0.869. The number of hydrogen-bond acceptors (Lipinski definition) is 4. The van der Waals surface area contributed by atoms with E-state index in [1.807, 2.05) is 31.2 Å². The molecule has 5 heteroatoms. The molecule has 5 nitrogen and oxygen atoms in total. The number of carbonyl (C=O) groups excluding carboxylic acids is 1. The predicted octanol–water partition coefficient (Wildman–Crippen LogP) is 1.78. The van der Waals surface area contributed by atoms with Crippen molar-refractivity contribution in [1.82, 2.24) is 4.98 Å². The van der Waals surface area contributed by atoms with E-state index in [0.29, 0.717) is 11.3 Å². The molecule has 1 unspecified atom stereocenters. The zero-order valence-corrected chi connectivity index (χ0v) is 10.6. The van der Waals surface area contributed by atoms with Crippen LogP contribution in [0.2, 0.25) is 0 Å². The SMILES string of the molecule is CC(CC(N)=O)Nc1c(C#N)cnc2ccccc12. The van der Waals surface area contributed by atoms with Gasteiger partial charge in [0.15, 0.2) is 0 Å². The number of para-hydroxylation sites is 1. The van der Waals surface area contributed by atoms with Crippen molar-refractivity contribution in [2.45, 2.75) is 19.4 Å². The van der Waals surface area contributed by atoms with E-state index in [9.17, 15) is 4.79 Å². The van der Waals surface area contributed by atoms with Crippen LogP contribution in [-0.4, -0.2) is 16.9 Å². The second-order valence-corrected chi connectivity index (χ2v) is 4.39. The molecule has 1 amide bonds. The molecule has 0 spiro atoms. The number of fused-ring (bicyclic) bond motifs is 1. The summed E-state index contributed by atoms with van der Waals surface area (Å²) >= 11 is 0. The van der Waals surface area contributed by atoms with Gasteiger partial charge in [0.05, 0.1) is 16.8 Å². The number of hydrogen-bond donors (Lipinski definition) is 2. The van der Waals surface area contributed by atoms with Gasteiger partial charge in [0.25, 0.3) is 0 Å². The van der Waals surface area contributed by atoms with Gasteiger partial charge in [-0.2, -0.15) is 5.26 Å². The number of nitriles is 1. The zero-order chi connectivity index (χ0) is 13.8. The molecule has 0 aliphatic heterocycles. The number of amides is 1. The third-order valence-electron chi connectivity index (χ3n) is 2.79. The fourth-order valence-corrected chi connectivity index (χ4v) is 1.98. The van der Waals surface area contributed by atoms with E-state index in [-0.39, 0.29) is 18.4 Å². The fourth-order valence-electron chi connectivity index (χ4n) is 1.98. The maximum atomic E-state index is 10.9. The van der Waals surface area contributed by atoms with Crippen molar-refractivity contribution in [1.29, 1.82) is 5.26 Å². The Morgan fingerprint density at radius 2 is 2.26 bits per heavy atom. The Kier molecular flexibility index (Phi) is 3.62. The lowest BCUT2D eigenvalue weighted by Gasteiger charge is -2.16. The van der Waals surface area contributed by atoms with E-state index in [4.69, 9.17) is 11.0 Å². The molecule has 0 radical (unpaired) electrons. The molecule has 0 bridgehead atoms. The first-order valence-electron chi connectivity index (χ1n) is 5.94. The van der Waals surface area contributed by atoms with E-state index in [2.05, 4.69) is 16.4 Å². The summed E-state index contributed by atoms with van der Waals surface area (Å²) in [7, 11) is 0. The molecule has 0 saturated carbocycles. The second kappa shape index (κ2) is 5.36. The summed E-state index contributed by atoms with van der Waals surface area (Å²) in [6.45, 7) is 1.85. The van der Waals surface area contributed by atoms with Gasteiger partial charge < -0.3 is 11.1 Å². The van der Waals surface area contributed by atoms with Crippen molar-refractivity contribution in [3.8, 4) is 6.07 Å². The molecule has 2 rings (SSSR count). The molecule has 0 aliphatic rings. The molecular weight excluding hydrogens is 240 g/mol.